The van der Waals surface area contributed by atoms with Crippen LogP contribution in [0.2, 0.25) is 0 Å². The number of primary amides is 1. The van der Waals surface area contributed by atoms with Crippen LogP contribution in [0.1, 0.15) is 53.9 Å². The van der Waals surface area contributed by atoms with Crippen molar-refractivity contribution in [2.24, 2.45) is 11.1 Å². The summed E-state index contributed by atoms with van der Waals surface area (Å²) in [5, 5.41) is 0. The van der Waals surface area contributed by atoms with Gasteiger partial charge in [-0.05, 0) is 56.6 Å². The third kappa shape index (κ3) is 5.88. The van der Waals surface area contributed by atoms with Gasteiger partial charge >= 0.3 is 0 Å². The number of carbonyl (C=O) groups excluding carboxylic acids is 1. The number of hydrogen-bond donors (Lipinski definition) is 1. The average Bonchev–Trinajstić information content (AvgIpc) is 2.36. The Bertz CT molecular complexity index is 569. The predicted octanol–water partition coefficient (Wildman–Crippen LogP) is 5.00. The molecule has 0 unspecified atom stereocenters. The fourth-order valence-corrected chi connectivity index (χ4v) is 2.90. The van der Waals surface area contributed by atoms with Crippen LogP contribution in [-0.4, -0.2) is 5.91 Å². The van der Waals surface area contributed by atoms with E-state index in [-0.39, 0.29) is 5.41 Å². The average molecular weight is 299 g/mol. The van der Waals surface area contributed by atoms with Crippen LogP contribution in [0.4, 0.5) is 0 Å². The standard InChI is InChI=1S/C20H29NO/c1-15(8-6-9-16(2)14-19(21)22)11-12-18-17(3)10-7-13-20(18,4)5/h6,8-9,11-12,14H,7,10,13H2,1-5H3,(H2,21,22)/b9-6+,12-11+,15-8+,16-14-. The molecule has 0 aliphatic heterocycles. The molecule has 0 aromatic carbocycles. The van der Waals surface area contributed by atoms with Crippen molar-refractivity contribution in [3.05, 3.63) is 58.7 Å². The number of carbonyl (C=O) groups is 1. The first-order valence-corrected chi connectivity index (χ1v) is 7.93. The Morgan fingerprint density at radius 1 is 1.18 bits per heavy atom. The lowest BCUT2D eigenvalue weighted by atomic mass is 9.72. The topological polar surface area (TPSA) is 43.1 Å². The van der Waals surface area contributed by atoms with Crippen LogP contribution >= 0.6 is 0 Å². The van der Waals surface area contributed by atoms with E-state index < -0.39 is 5.91 Å². The molecule has 0 fully saturated rings. The van der Waals surface area contributed by atoms with Gasteiger partial charge in [0.1, 0.15) is 0 Å². The molecule has 120 valence electrons. The summed E-state index contributed by atoms with van der Waals surface area (Å²) in [7, 11) is 0. The quantitative estimate of drug-likeness (QED) is 0.563. The van der Waals surface area contributed by atoms with Crippen LogP contribution in [0.25, 0.3) is 0 Å². The second-order valence-corrected chi connectivity index (χ2v) is 6.83. The molecule has 0 heterocycles. The fourth-order valence-electron chi connectivity index (χ4n) is 2.90. The summed E-state index contributed by atoms with van der Waals surface area (Å²) in [6.45, 7) is 10.8. The molecular weight excluding hydrogens is 270 g/mol. The third-order valence-electron chi connectivity index (χ3n) is 4.14. The monoisotopic (exact) mass is 299 g/mol. The minimum atomic E-state index is -0.412. The Morgan fingerprint density at radius 3 is 2.45 bits per heavy atom. The van der Waals surface area contributed by atoms with Crippen molar-refractivity contribution < 1.29 is 4.79 Å². The largest absolute Gasteiger partial charge is 0.366 e. The molecule has 0 atom stereocenters. The highest BCUT2D eigenvalue weighted by atomic mass is 16.1. The Balaban J connectivity index is 2.79. The van der Waals surface area contributed by atoms with Gasteiger partial charge in [0.15, 0.2) is 0 Å². The molecule has 1 amide bonds. The number of nitrogens with two attached hydrogens (primary N) is 1. The summed E-state index contributed by atoms with van der Waals surface area (Å²) in [5.74, 6) is -0.412. The molecule has 0 aromatic heterocycles. The molecule has 0 radical (unpaired) electrons. The van der Waals surface area contributed by atoms with E-state index >= 15 is 0 Å². The van der Waals surface area contributed by atoms with Crippen LogP contribution in [-0.2, 0) is 4.79 Å². The summed E-state index contributed by atoms with van der Waals surface area (Å²) < 4.78 is 0. The van der Waals surface area contributed by atoms with Gasteiger partial charge in [-0.25, -0.2) is 0 Å². The van der Waals surface area contributed by atoms with E-state index in [0.29, 0.717) is 0 Å². The second kappa shape index (κ2) is 7.98. The third-order valence-corrected chi connectivity index (χ3v) is 4.14. The molecule has 0 saturated carbocycles. The number of allylic oxidation sites excluding steroid dienone is 9. The Morgan fingerprint density at radius 2 is 1.86 bits per heavy atom. The van der Waals surface area contributed by atoms with E-state index in [4.69, 9.17) is 5.73 Å². The van der Waals surface area contributed by atoms with E-state index in [9.17, 15) is 4.79 Å². The van der Waals surface area contributed by atoms with Gasteiger partial charge in [0.05, 0.1) is 0 Å². The molecule has 2 heteroatoms. The van der Waals surface area contributed by atoms with Gasteiger partial charge < -0.3 is 5.73 Å². The molecule has 2 nitrogen and oxygen atoms in total. The van der Waals surface area contributed by atoms with Crippen LogP contribution in [0.5, 0.6) is 0 Å². The van der Waals surface area contributed by atoms with Gasteiger partial charge in [0, 0.05) is 6.08 Å². The summed E-state index contributed by atoms with van der Waals surface area (Å²) in [6.07, 6.45) is 15.5. The van der Waals surface area contributed by atoms with Crippen molar-refractivity contribution >= 4 is 5.91 Å². The number of hydrogen-bond acceptors (Lipinski definition) is 1. The Kier molecular flexibility index (Phi) is 6.61. The smallest absolute Gasteiger partial charge is 0.241 e. The van der Waals surface area contributed by atoms with Gasteiger partial charge in [-0.2, -0.15) is 0 Å². The maximum atomic E-state index is 10.8. The Hall–Kier alpha value is -1.83. The van der Waals surface area contributed by atoms with E-state index in [1.807, 2.05) is 25.2 Å². The first-order chi connectivity index (χ1) is 10.2. The molecule has 0 bridgehead atoms. The maximum Gasteiger partial charge on any atom is 0.241 e. The predicted molar refractivity (Wildman–Crippen MR) is 95.3 cm³/mol. The normalized spacial score (nSPS) is 20.2. The van der Waals surface area contributed by atoms with Gasteiger partial charge in [-0.15, -0.1) is 0 Å². The molecule has 1 aliphatic rings. The maximum absolute atomic E-state index is 10.8. The van der Waals surface area contributed by atoms with Crippen molar-refractivity contribution in [3.8, 4) is 0 Å². The minimum absolute atomic E-state index is 0.274. The zero-order chi connectivity index (χ0) is 16.8. The van der Waals surface area contributed by atoms with Crippen molar-refractivity contribution in [2.75, 3.05) is 0 Å². The van der Waals surface area contributed by atoms with Crippen molar-refractivity contribution in [3.63, 3.8) is 0 Å². The number of amides is 1. The van der Waals surface area contributed by atoms with E-state index in [1.165, 1.54) is 42.1 Å². The SMILES string of the molecule is CC1=C(/C=C/C(C)=C/C=C/C(C)=C\C(N)=O)C(C)(C)CCC1. The van der Waals surface area contributed by atoms with E-state index in [1.54, 1.807) is 0 Å². The van der Waals surface area contributed by atoms with Crippen LogP contribution < -0.4 is 5.73 Å². The van der Waals surface area contributed by atoms with Crippen LogP contribution in [0.15, 0.2) is 58.7 Å². The highest BCUT2D eigenvalue weighted by Crippen LogP contribution is 2.40. The molecule has 22 heavy (non-hydrogen) atoms. The molecule has 1 rings (SSSR count). The summed E-state index contributed by atoms with van der Waals surface area (Å²) in [5.41, 5.74) is 10.4. The zero-order valence-corrected chi connectivity index (χ0v) is 14.6. The first-order valence-electron chi connectivity index (χ1n) is 7.93. The summed E-state index contributed by atoms with van der Waals surface area (Å²) in [4.78, 5) is 10.8. The fraction of sp³-hybridized carbons (Fsp3) is 0.450. The number of rotatable bonds is 5. The first kappa shape index (κ1) is 18.2. The highest BCUT2D eigenvalue weighted by molar-refractivity contribution is 5.86. The second-order valence-electron chi connectivity index (χ2n) is 6.83. The lowest BCUT2D eigenvalue weighted by Gasteiger charge is -2.32. The van der Waals surface area contributed by atoms with Crippen molar-refractivity contribution in [1.82, 2.24) is 0 Å². The summed E-state index contributed by atoms with van der Waals surface area (Å²) in [6, 6.07) is 0. The van der Waals surface area contributed by atoms with E-state index in [2.05, 4.69) is 39.8 Å². The van der Waals surface area contributed by atoms with Crippen molar-refractivity contribution in [2.45, 2.75) is 53.9 Å². The zero-order valence-electron chi connectivity index (χ0n) is 14.6. The lowest BCUT2D eigenvalue weighted by Crippen LogP contribution is -2.19. The lowest BCUT2D eigenvalue weighted by molar-refractivity contribution is -0.113. The molecule has 1 aliphatic carbocycles. The van der Waals surface area contributed by atoms with Gasteiger partial charge in [-0.3, -0.25) is 4.79 Å². The van der Waals surface area contributed by atoms with E-state index in [0.717, 1.165) is 5.57 Å². The minimum Gasteiger partial charge on any atom is -0.366 e. The van der Waals surface area contributed by atoms with Gasteiger partial charge in [-0.1, -0.05) is 55.4 Å². The van der Waals surface area contributed by atoms with Crippen molar-refractivity contribution in [1.29, 1.82) is 0 Å². The van der Waals surface area contributed by atoms with Gasteiger partial charge in [0.25, 0.3) is 0 Å². The molecule has 0 saturated heterocycles. The highest BCUT2D eigenvalue weighted by Gasteiger charge is 2.26. The van der Waals surface area contributed by atoms with Crippen LogP contribution in [0.3, 0.4) is 0 Å². The van der Waals surface area contributed by atoms with Crippen LogP contribution in [0, 0.1) is 5.41 Å². The molecular formula is C20H29NO. The van der Waals surface area contributed by atoms with Gasteiger partial charge in [0.2, 0.25) is 5.91 Å². The molecule has 0 spiro atoms. The molecule has 2 N–H and O–H groups in total. The Labute approximate surface area is 135 Å². The molecule has 0 aromatic rings. The summed E-state index contributed by atoms with van der Waals surface area (Å²) >= 11 is 0.